The zero-order valence-corrected chi connectivity index (χ0v) is 12.0. The number of alkyl halides is 3. The average molecular weight is 297 g/mol. The van der Waals surface area contributed by atoms with E-state index in [2.05, 4.69) is 17.3 Å². The first-order chi connectivity index (χ1) is 9.91. The SMILES string of the molecule is CCC(C)n1ccc(CNc2ccccc2C(F)(F)F)n1. The van der Waals surface area contributed by atoms with Crippen LogP contribution < -0.4 is 5.32 Å². The Balaban J connectivity index is 2.09. The Morgan fingerprint density at radius 2 is 1.95 bits per heavy atom. The van der Waals surface area contributed by atoms with Gasteiger partial charge in [0.05, 0.1) is 17.8 Å². The number of benzene rings is 1. The van der Waals surface area contributed by atoms with E-state index in [0.717, 1.165) is 12.5 Å². The van der Waals surface area contributed by atoms with E-state index < -0.39 is 11.7 Å². The summed E-state index contributed by atoms with van der Waals surface area (Å²) in [4.78, 5) is 0. The van der Waals surface area contributed by atoms with Gasteiger partial charge in [-0.1, -0.05) is 19.1 Å². The Kier molecular flexibility index (Phi) is 4.55. The monoisotopic (exact) mass is 297 g/mol. The normalized spacial score (nSPS) is 13.2. The molecule has 0 spiro atoms. The fraction of sp³-hybridized carbons (Fsp3) is 0.400. The van der Waals surface area contributed by atoms with Gasteiger partial charge in [-0.2, -0.15) is 18.3 Å². The summed E-state index contributed by atoms with van der Waals surface area (Å²) in [6.07, 6.45) is -1.56. The van der Waals surface area contributed by atoms with Gasteiger partial charge < -0.3 is 5.32 Å². The standard InChI is InChI=1S/C15H18F3N3/c1-3-11(2)21-9-8-12(20-21)10-19-14-7-5-4-6-13(14)15(16,17)18/h4-9,11,19H,3,10H2,1-2H3. The van der Waals surface area contributed by atoms with Gasteiger partial charge in [0.15, 0.2) is 0 Å². The Bertz CT molecular complexity index is 590. The second-order valence-electron chi connectivity index (χ2n) is 4.94. The van der Waals surface area contributed by atoms with Crippen molar-refractivity contribution in [3.63, 3.8) is 0 Å². The van der Waals surface area contributed by atoms with Gasteiger partial charge in [0, 0.05) is 17.9 Å². The highest BCUT2D eigenvalue weighted by molar-refractivity contribution is 5.52. The van der Waals surface area contributed by atoms with Crippen LogP contribution in [0.25, 0.3) is 0 Å². The predicted molar refractivity (Wildman–Crippen MR) is 76.0 cm³/mol. The van der Waals surface area contributed by atoms with Crippen LogP contribution >= 0.6 is 0 Å². The molecule has 1 heterocycles. The van der Waals surface area contributed by atoms with Crippen LogP contribution in [0.5, 0.6) is 0 Å². The molecule has 0 amide bonds. The third kappa shape index (κ3) is 3.77. The Labute approximate surface area is 121 Å². The maximum absolute atomic E-state index is 12.9. The number of para-hydroxylation sites is 1. The summed E-state index contributed by atoms with van der Waals surface area (Å²) in [6, 6.07) is 7.55. The molecule has 0 fully saturated rings. The minimum Gasteiger partial charge on any atom is -0.379 e. The molecule has 2 aromatic rings. The summed E-state index contributed by atoms with van der Waals surface area (Å²) in [5.41, 5.74) is 0.127. The van der Waals surface area contributed by atoms with E-state index >= 15 is 0 Å². The highest BCUT2D eigenvalue weighted by atomic mass is 19.4. The Hall–Kier alpha value is -1.98. The first kappa shape index (κ1) is 15.4. The van der Waals surface area contributed by atoms with Gasteiger partial charge in [-0.3, -0.25) is 4.68 Å². The molecule has 1 atom stereocenters. The maximum atomic E-state index is 12.9. The quantitative estimate of drug-likeness (QED) is 0.881. The minimum atomic E-state index is -4.36. The molecule has 2 rings (SSSR count). The van der Waals surface area contributed by atoms with E-state index in [-0.39, 0.29) is 18.3 Å². The first-order valence-corrected chi connectivity index (χ1v) is 6.86. The molecular weight excluding hydrogens is 279 g/mol. The Morgan fingerprint density at radius 3 is 2.62 bits per heavy atom. The molecule has 0 saturated carbocycles. The molecule has 21 heavy (non-hydrogen) atoms. The van der Waals surface area contributed by atoms with Crippen molar-refractivity contribution in [2.75, 3.05) is 5.32 Å². The van der Waals surface area contributed by atoms with Gasteiger partial charge >= 0.3 is 6.18 Å². The molecule has 6 heteroatoms. The molecule has 0 radical (unpaired) electrons. The lowest BCUT2D eigenvalue weighted by Crippen LogP contribution is -2.11. The first-order valence-electron chi connectivity index (χ1n) is 6.86. The molecule has 0 bridgehead atoms. The number of hydrogen-bond acceptors (Lipinski definition) is 2. The molecule has 0 aliphatic carbocycles. The van der Waals surface area contributed by atoms with Crippen molar-refractivity contribution in [1.82, 2.24) is 9.78 Å². The lowest BCUT2D eigenvalue weighted by atomic mass is 10.1. The van der Waals surface area contributed by atoms with Gasteiger partial charge in [-0.25, -0.2) is 0 Å². The molecule has 0 aliphatic rings. The summed E-state index contributed by atoms with van der Waals surface area (Å²) in [5, 5.41) is 7.17. The van der Waals surface area contributed by atoms with Gasteiger partial charge in [-0.15, -0.1) is 0 Å². The predicted octanol–water partition coefficient (Wildman–Crippen LogP) is 4.49. The van der Waals surface area contributed by atoms with Crippen LogP contribution in [0.2, 0.25) is 0 Å². The molecule has 1 aromatic heterocycles. The van der Waals surface area contributed by atoms with Crippen LogP contribution in [0.3, 0.4) is 0 Å². The van der Waals surface area contributed by atoms with Crippen LogP contribution in [0.15, 0.2) is 36.5 Å². The molecule has 114 valence electrons. The van der Waals surface area contributed by atoms with E-state index in [1.807, 2.05) is 23.9 Å². The number of halogens is 3. The highest BCUT2D eigenvalue weighted by Gasteiger charge is 2.33. The van der Waals surface area contributed by atoms with Gasteiger partial charge in [0.1, 0.15) is 0 Å². The molecular formula is C15H18F3N3. The van der Waals surface area contributed by atoms with Crippen molar-refractivity contribution in [2.24, 2.45) is 0 Å². The molecule has 0 aliphatic heterocycles. The van der Waals surface area contributed by atoms with Crippen molar-refractivity contribution >= 4 is 5.69 Å². The number of aromatic nitrogens is 2. The topological polar surface area (TPSA) is 29.9 Å². The lowest BCUT2D eigenvalue weighted by Gasteiger charge is -2.13. The highest BCUT2D eigenvalue weighted by Crippen LogP contribution is 2.34. The Morgan fingerprint density at radius 1 is 1.24 bits per heavy atom. The van der Waals surface area contributed by atoms with Gasteiger partial charge in [-0.05, 0) is 31.5 Å². The van der Waals surface area contributed by atoms with Crippen LogP contribution in [-0.2, 0) is 12.7 Å². The van der Waals surface area contributed by atoms with Crippen molar-refractivity contribution in [2.45, 2.75) is 39.0 Å². The molecule has 1 N–H and O–H groups in total. The fourth-order valence-electron chi connectivity index (χ4n) is 1.97. The summed E-state index contributed by atoms with van der Waals surface area (Å²) in [7, 11) is 0. The second kappa shape index (κ2) is 6.20. The number of nitrogens with one attached hydrogen (secondary N) is 1. The number of nitrogens with zero attached hydrogens (tertiary/aromatic N) is 2. The smallest absolute Gasteiger partial charge is 0.379 e. The molecule has 1 unspecified atom stereocenters. The molecule has 1 aromatic carbocycles. The number of rotatable bonds is 5. The van der Waals surface area contributed by atoms with E-state index in [1.54, 1.807) is 6.07 Å². The van der Waals surface area contributed by atoms with Crippen molar-refractivity contribution in [1.29, 1.82) is 0 Å². The van der Waals surface area contributed by atoms with Crippen LogP contribution in [0.4, 0.5) is 18.9 Å². The molecule has 0 saturated heterocycles. The van der Waals surface area contributed by atoms with Crippen LogP contribution in [0.1, 0.15) is 37.6 Å². The maximum Gasteiger partial charge on any atom is 0.418 e. The minimum absolute atomic E-state index is 0.0723. The summed E-state index contributed by atoms with van der Waals surface area (Å²) in [6.45, 7) is 4.36. The lowest BCUT2D eigenvalue weighted by molar-refractivity contribution is -0.136. The van der Waals surface area contributed by atoms with Crippen molar-refractivity contribution < 1.29 is 13.2 Å². The van der Waals surface area contributed by atoms with E-state index in [9.17, 15) is 13.2 Å². The number of anilines is 1. The second-order valence-corrected chi connectivity index (χ2v) is 4.94. The third-order valence-corrected chi connectivity index (χ3v) is 3.40. The zero-order chi connectivity index (χ0) is 15.5. The zero-order valence-electron chi connectivity index (χ0n) is 12.0. The van der Waals surface area contributed by atoms with E-state index in [1.165, 1.54) is 12.1 Å². The van der Waals surface area contributed by atoms with Gasteiger partial charge in [0.25, 0.3) is 0 Å². The molecule has 3 nitrogen and oxygen atoms in total. The van der Waals surface area contributed by atoms with Crippen LogP contribution in [0, 0.1) is 0 Å². The van der Waals surface area contributed by atoms with Crippen molar-refractivity contribution in [3.8, 4) is 0 Å². The summed E-state index contributed by atoms with van der Waals surface area (Å²) < 4.78 is 40.4. The average Bonchev–Trinajstić information content (AvgIpc) is 2.92. The summed E-state index contributed by atoms with van der Waals surface area (Å²) >= 11 is 0. The largest absolute Gasteiger partial charge is 0.418 e. The fourth-order valence-corrected chi connectivity index (χ4v) is 1.97. The summed E-state index contributed by atoms with van der Waals surface area (Å²) in [5.74, 6) is 0. The van der Waals surface area contributed by atoms with Crippen LogP contribution in [-0.4, -0.2) is 9.78 Å². The van der Waals surface area contributed by atoms with E-state index in [4.69, 9.17) is 0 Å². The van der Waals surface area contributed by atoms with Crippen molar-refractivity contribution in [3.05, 3.63) is 47.8 Å². The number of hydrogen-bond donors (Lipinski definition) is 1. The van der Waals surface area contributed by atoms with E-state index in [0.29, 0.717) is 5.69 Å². The van der Waals surface area contributed by atoms with Gasteiger partial charge in [0.2, 0.25) is 0 Å². The third-order valence-electron chi connectivity index (χ3n) is 3.40.